The van der Waals surface area contributed by atoms with Gasteiger partial charge in [0.1, 0.15) is 0 Å². The molecule has 0 bridgehead atoms. The smallest absolute Gasteiger partial charge is 0.157 e. The SMILES string of the molecule is CC1(C)COC(CCCC(O)CCl)OC1. The Morgan fingerprint density at radius 3 is 2.53 bits per heavy atom. The van der Waals surface area contributed by atoms with E-state index < -0.39 is 6.10 Å². The second kappa shape index (κ2) is 6.04. The van der Waals surface area contributed by atoms with Gasteiger partial charge in [-0.1, -0.05) is 13.8 Å². The summed E-state index contributed by atoms with van der Waals surface area (Å²) in [6.45, 7) is 5.74. The van der Waals surface area contributed by atoms with E-state index >= 15 is 0 Å². The Kier molecular flexibility index (Phi) is 5.33. The van der Waals surface area contributed by atoms with Crippen molar-refractivity contribution in [2.24, 2.45) is 5.41 Å². The Hall–Kier alpha value is 0.170. The summed E-state index contributed by atoms with van der Waals surface area (Å²) in [5.74, 6) is 0.305. The summed E-state index contributed by atoms with van der Waals surface area (Å²) in [5, 5.41) is 9.26. The molecule has 3 nitrogen and oxygen atoms in total. The summed E-state index contributed by atoms with van der Waals surface area (Å²) >= 11 is 5.50. The minimum Gasteiger partial charge on any atom is -0.392 e. The van der Waals surface area contributed by atoms with Gasteiger partial charge in [-0.2, -0.15) is 0 Å². The van der Waals surface area contributed by atoms with E-state index in [0.717, 1.165) is 32.5 Å². The Labute approximate surface area is 96.7 Å². The number of aliphatic hydroxyl groups excluding tert-OH is 1. The van der Waals surface area contributed by atoms with Crippen molar-refractivity contribution in [2.45, 2.75) is 45.5 Å². The highest BCUT2D eigenvalue weighted by atomic mass is 35.5. The van der Waals surface area contributed by atoms with Gasteiger partial charge < -0.3 is 14.6 Å². The molecule has 0 radical (unpaired) electrons. The van der Waals surface area contributed by atoms with Crippen LogP contribution < -0.4 is 0 Å². The molecule has 0 spiro atoms. The molecule has 90 valence electrons. The van der Waals surface area contributed by atoms with E-state index in [1.54, 1.807) is 0 Å². The van der Waals surface area contributed by atoms with Crippen molar-refractivity contribution in [3.63, 3.8) is 0 Å². The van der Waals surface area contributed by atoms with Gasteiger partial charge in [0, 0.05) is 11.3 Å². The first-order chi connectivity index (χ1) is 7.03. The van der Waals surface area contributed by atoms with Crippen molar-refractivity contribution >= 4 is 11.6 Å². The van der Waals surface area contributed by atoms with E-state index in [2.05, 4.69) is 13.8 Å². The molecule has 0 aliphatic carbocycles. The molecule has 0 saturated carbocycles. The molecule has 4 heteroatoms. The number of hydrogen-bond donors (Lipinski definition) is 1. The fraction of sp³-hybridized carbons (Fsp3) is 1.00. The lowest BCUT2D eigenvalue weighted by Crippen LogP contribution is -2.37. The Balaban J connectivity index is 2.09. The molecular formula is C11H21ClO3. The molecule has 1 atom stereocenters. The second-order valence-electron chi connectivity index (χ2n) is 4.95. The van der Waals surface area contributed by atoms with Crippen LogP contribution in [0.25, 0.3) is 0 Å². The van der Waals surface area contributed by atoms with E-state index in [1.165, 1.54) is 0 Å². The van der Waals surface area contributed by atoms with Crippen molar-refractivity contribution in [3.05, 3.63) is 0 Å². The van der Waals surface area contributed by atoms with Gasteiger partial charge in [-0.25, -0.2) is 0 Å². The lowest BCUT2D eigenvalue weighted by Gasteiger charge is -2.34. The van der Waals surface area contributed by atoms with Gasteiger partial charge in [0.2, 0.25) is 0 Å². The van der Waals surface area contributed by atoms with Crippen LogP contribution in [-0.4, -0.2) is 36.6 Å². The molecular weight excluding hydrogens is 216 g/mol. The largest absolute Gasteiger partial charge is 0.392 e. The molecule has 1 saturated heterocycles. The maximum Gasteiger partial charge on any atom is 0.157 e. The maximum atomic E-state index is 9.26. The molecule has 0 aromatic heterocycles. The van der Waals surface area contributed by atoms with Crippen LogP contribution in [0, 0.1) is 5.41 Å². The molecule has 1 N–H and O–H groups in total. The van der Waals surface area contributed by atoms with Crippen LogP contribution in [0.1, 0.15) is 33.1 Å². The van der Waals surface area contributed by atoms with Gasteiger partial charge in [-0.05, 0) is 19.3 Å². The highest BCUT2D eigenvalue weighted by Gasteiger charge is 2.27. The number of hydrogen-bond acceptors (Lipinski definition) is 3. The Morgan fingerprint density at radius 1 is 1.40 bits per heavy atom. The summed E-state index contributed by atoms with van der Waals surface area (Å²) in [6, 6.07) is 0. The van der Waals surface area contributed by atoms with Gasteiger partial charge in [0.25, 0.3) is 0 Å². The number of rotatable bonds is 5. The average Bonchev–Trinajstić information content (AvgIpc) is 2.20. The molecule has 0 amide bonds. The average molecular weight is 237 g/mol. The zero-order chi connectivity index (χ0) is 11.3. The predicted octanol–water partition coefficient (Wildman–Crippen LogP) is 2.16. The Bertz CT molecular complexity index is 175. The fourth-order valence-corrected chi connectivity index (χ4v) is 1.65. The topological polar surface area (TPSA) is 38.7 Å². The highest BCUT2D eigenvalue weighted by Crippen LogP contribution is 2.24. The van der Waals surface area contributed by atoms with Crippen molar-refractivity contribution in [2.75, 3.05) is 19.1 Å². The van der Waals surface area contributed by atoms with E-state index in [1.807, 2.05) is 0 Å². The maximum absolute atomic E-state index is 9.26. The van der Waals surface area contributed by atoms with Crippen LogP contribution in [0.5, 0.6) is 0 Å². The van der Waals surface area contributed by atoms with Crippen molar-refractivity contribution < 1.29 is 14.6 Å². The van der Waals surface area contributed by atoms with Crippen LogP contribution >= 0.6 is 11.6 Å². The number of alkyl halides is 1. The quantitative estimate of drug-likeness (QED) is 0.744. The zero-order valence-corrected chi connectivity index (χ0v) is 10.3. The number of halogens is 1. The number of aliphatic hydroxyl groups is 1. The third kappa shape index (κ3) is 5.16. The summed E-state index contributed by atoms with van der Waals surface area (Å²) < 4.78 is 11.1. The molecule has 0 aromatic rings. The normalized spacial score (nSPS) is 24.0. The van der Waals surface area contributed by atoms with Crippen molar-refractivity contribution in [1.29, 1.82) is 0 Å². The lowest BCUT2D eigenvalue weighted by atomic mass is 9.95. The minimum absolute atomic E-state index is 0.0967. The van der Waals surface area contributed by atoms with Crippen LogP contribution in [-0.2, 0) is 9.47 Å². The Morgan fingerprint density at radius 2 is 2.00 bits per heavy atom. The van der Waals surface area contributed by atoms with E-state index in [4.69, 9.17) is 21.1 Å². The summed E-state index contributed by atoms with van der Waals surface area (Å²) in [6.07, 6.45) is 1.95. The van der Waals surface area contributed by atoms with Gasteiger partial charge in [0.15, 0.2) is 6.29 Å². The van der Waals surface area contributed by atoms with Gasteiger partial charge in [-0.3, -0.25) is 0 Å². The summed E-state index contributed by atoms with van der Waals surface area (Å²) in [4.78, 5) is 0. The van der Waals surface area contributed by atoms with Gasteiger partial charge >= 0.3 is 0 Å². The van der Waals surface area contributed by atoms with Crippen LogP contribution in [0.2, 0.25) is 0 Å². The second-order valence-corrected chi connectivity index (χ2v) is 5.26. The predicted molar refractivity (Wildman–Crippen MR) is 60.1 cm³/mol. The molecule has 1 rings (SSSR count). The first-order valence-electron chi connectivity index (χ1n) is 5.51. The number of ether oxygens (including phenoxy) is 2. The zero-order valence-electron chi connectivity index (χ0n) is 9.54. The minimum atomic E-state index is -0.397. The van der Waals surface area contributed by atoms with E-state index in [9.17, 15) is 5.11 Å². The fourth-order valence-electron chi connectivity index (χ4n) is 1.49. The molecule has 1 fully saturated rings. The first-order valence-corrected chi connectivity index (χ1v) is 6.04. The summed E-state index contributed by atoms with van der Waals surface area (Å²) in [5.41, 5.74) is 0.131. The first kappa shape index (κ1) is 13.2. The van der Waals surface area contributed by atoms with Crippen LogP contribution in [0.3, 0.4) is 0 Å². The van der Waals surface area contributed by atoms with Crippen molar-refractivity contribution in [3.8, 4) is 0 Å². The van der Waals surface area contributed by atoms with Crippen LogP contribution in [0.4, 0.5) is 0 Å². The van der Waals surface area contributed by atoms with Crippen LogP contribution in [0.15, 0.2) is 0 Å². The third-order valence-electron chi connectivity index (χ3n) is 2.48. The molecule has 1 heterocycles. The van der Waals surface area contributed by atoms with E-state index in [-0.39, 0.29) is 11.7 Å². The third-order valence-corrected chi connectivity index (χ3v) is 2.83. The molecule has 15 heavy (non-hydrogen) atoms. The van der Waals surface area contributed by atoms with Gasteiger partial charge in [0.05, 0.1) is 19.3 Å². The molecule has 0 aromatic carbocycles. The van der Waals surface area contributed by atoms with E-state index in [0.29, 0.717) is 5.88 Å². The van der Waals surface area contributed by atoms with Crippen molar-refractivity contribution in [1.82, 2.24) is 0 Å². The molecule has 1 aliphatic heterocycles. The standard InChI is InChI=1S/C11H21ClO3/c1-11(2)7-14-10(15-8-11)5-3-4-9(13)6-12/h9-10,13H,3-8H2,1-2H3. The monoisotopic (exact) mass is 236 g/mol. The van der Waals surface area contributed by atoms with Gasteiger partial charge in [-0.15, -0.1) is 11.6 Å². The molecule has 1 unspecified atom stereocenters. The highest BCUT2D eigenvalue weighted by molar-refractivity contribution is 6.18. The lowest BCUT2D eigenvalue weighted by molar-refractivity contribution is -0.224. The summed E-state index contributed by atoms with van der Waals surface area (Å²) in [7, 11) is 0. The molecule has 1 aliphatic rings.